The van der Waals surface area contributed by atoms with E-state index in [1.54, 1.807) is 4.68 Å². The van der Waals surface area contributed by atoms with Crippen LogP contribution in [0, 0.1) is 0 Å². The lowest BCUT2D eigenvalue weighted by Gasteiger charge is -2.05. The fraction of sp³-hybridized carbons (Fsp3) is 0.545. The summed E-state index contributed by atoms with van der Waals surface area (Å²) in [5, 5.41) is 7.80. The molecule has 0 unspecified atom stereocenters. The monoisotopic (exact) mass is 207 g/mol. The van der Waals surface area contributed by atoms with E-state index in [1.165, 1.54) is 0 Å². The molecule has 0 aliphatic carbocycles. The van der Waals surface area contributed by atoms with Crippen molar-refractivity contribution in [2.45, 2.75) is 39.7 Å². The zero-order chi connectivity index (χ0) is 11.3. The zero-order valence-corrected chi connectivity index (χ0v) is 9.36. The van der Waals surface area contributed by atoms with Gasteiger partial charge >= 0.3 is 0 Å². The van der Waals surface area contributed by atoms with Crippen molar-refractivity contribution >= 4 is 6.29 Å². The molecular weight excluding hydrogens is 190 g/mol. The minimum Gasteiger partial charge on any atom is -0.296 e. The Balaban J connectivity index is 2.89. The summed E-state index contributed by atoms with van der Waals surface area (Å²) in [6.45, 7) is 8.52. The molecule has 1 aromatic heterocycles. The maximum absolute atomic E-state index is 10.8. The quantitative estimate of drug-likeness (QED) is 0.529. The molecule has 0 bridgehead atoms. The number of carbonyl (C=O) groups is 1. The molecule has 0 saturated carbocycles. The third kappa shape index (κ3) is 3.01. The Morgan fingerprint density at radius 3 is 2.87 bits per heavy atom. The summed E-state index contributed by atoms with van der Waals surface area (Å²) in [5.74, 6) is 0. The maximum Gasteiger partial charge on any atom is 0.172 e. The van der Waals surface area contributed by atoms with E-state index in [0.29, 0.717) is 12.2 Å². The average Bonchev–Trinajstić information content (AvgIpc) is 2.56. The summed E-state index contributed by atoms with van der Waals surface area (Å²) in [5.41, 5.74) is 2.40. The highest BCUT2D eigenvalue weighted by Crippen LogP contribution is 2.09. The van der Waals surface area contributed by atoms with Gasteiger partial charge in [0.1, 0.15) is 5.69 Å². The lowest BCUT2D eigenvalue weighted by atomic mass is 10.1. The number of nitrogens with zero attached hydrogens (tertiary/aromatic N) is 3. The van der Waals surface area contributed by atoms with E-state index in [-0.39, 0.29) is 0 Å². The molecule has 0 fully saturated rings. The fourth-order valence-corrected chi connectivity index (χ4v) is 1.42. The van der Waals surface area contributed by atoms with Gasteiger partial charge in [0, 0.05) is 0 Å². The highest BCUT2D eigenvalue weighted by Gasteiger charge is 2.11. The van der Waals surface area contributed by atoms with Gasteiger partial charge in [0.05, 0.1) is 12.2 Å². The Bertz CT molecular complexity index is 355. The molecule has 0 atom stereocenters. The van der Waals surface area contributed by atoms with E-state index in [4.69, 9.17) is 0 Å². The van der Waals surface area contributed by atoms with Gasteiger partial charge in [-0.05, 0) is 19.8 Å². The summed E-state index contributed by atoms with van der Waals surface area (Å²) < 4.78 is 1.77. The Labute approximate surface area is 90.0 Å². The standard InChI is InChI=1S/C11H17N3O/c1-4-5-6-11-10(8-15)12-13-14(11)7-9(2)3/h8H,2,4-7H2,1,3H3. The first kappa shape index (κ1) is 11.6. The topological polar surface area (TPSA) is 47.8 Å². The van der Waals surface area contributed by atoms with Crippen LogP contribution in [0.5, 0.6) is 0 Å². The van der Waals surface area contributed by atoms with Crippen LogP contribution in [0.4, 0.5) is 0 Å². The molecule has 0 aliphatic heterocycles. The molecule has 15 heavy (non-hydrogen) atoms. The highest BCUT2D eigenvalue weighted by atomic mass is 16.1. The number of hydrogen-bond acceptors (Lipinski definition) is 3. The normalized spacial score (nSPS) is 10.3. The van der Waals surface area contributed by atoms with E-state index >= 15 is 0 Å². The third-order valence-corrected chi connectivity index (χ3v) is 2.17. The van der Waals surface area contributed by atoms with E-state index in [9.17, 15) is 4.79 Å². The van der Waals surface area contributed by atoms with Crippen LogP contribution in [-0.4, -0.2) is 21.3 Å². The summed E-state index contributed by atoms with van der Waals surface area (Å²) in [7, 11) is 0. The van der Waals surface area contributed by atoms with Gasteiger partial charge in [-0.25, -0.2) is 4.68 Å². The van der Waals surface area contributed by atoms with Crippen molar-refractivity contribution in [2.75, 3.05) is 0 Å². The second kappa shape index (κ2) is 5.44. The molecule has 0 saturated heterocycles. The number of aldehydes is 1. The van der Waals surface area contributed by atoms with E-state index in [2.05, 4.69) is 23.8 Å². The van der Waals surface area contributed by atoms with Crippen LogP contribution in [-0.2, 0) is 13.0 Å². The maximum atomic E-state index is 10.8. The molecule has 4 heteroatoms. The van der Waals surface area contributed by atoms with Crippen molar-refractivity contribution in [1.29, 1.82) is 0 Å². The van der Waals surface area contributed by atoms with Crippen molar-refractivity contribution in [3.63, 3.8) is 0 Å². The predicted octanol–water partition coefficient (Wildman–Crippen LogP) is 2.01. The third-order valence-electron chi connectivity index (χ3n) is 2.17. The van der Waals surface area contributed by atoms with Crippen LogP contribution in [0.2, 0.25) is 0 Å². The first-order chi connectivity index (χ1) is 7.19. The van der Waals surface area contributed by atoms with Gasteiger partial charge in [-0.3, -0.25) is 4.79 Å². The van der Waals surface area contributed by atoms with Crippen LogP contribution in [0.3, 0.4) is 0 Å². The van der Waals surface area contributed by atoms with Gasteiger partial charge in [0.15, 0.2) is 6.29 Å². The summed E-state index contributed by atoms with van der Waals surface area (Å²) in [4.78, 5) is 10.8. The predicted molar refractivity (Wildman–Crippen MR) is 58.8 cm³/mol. The van der Waals surface area contributed by atoms with Crippen molar-refractivity contribution in [3.8, 4) is 0 Å². The van der Waals surface area contributed by atoms with Crippen molar-refractivity contribution < 1.29 is 4.79 Å². The molecule has 82 valence electrons. The molecule has 0 aromatic carbocycles. The second-order valence-electron chi connectivity index (χ2n) is 3.76. The smallest absolute Gasteiger partial charge is 0.172 e. The molecule has 1 heterocycles. The number of carbonyl (C=O) groups excluding carboxylic acids is 1. The molecule has 1 aromatic rings. The molecule has 0 amide bonds. The van der Waals surface area contributed by atoms with Crippen molar-refractivity contribution in [2.24, 2.45) is 0 Å². The van der Waals surface area contributed by atoms with Crippen LogP contribution < -0.4 is 0 Å². The Kier molecular flexibility index (Phi) is 4.21. The zero-order valence-electron chi connectivity index (χ0n) is 9.36. The first-order valence-electron chi connectivity index (χ1n) is 5.21. The largest absolute Gasteiger partial charge is 0.296 e. The van der Waals surface area contributed by atoms with Crippen molar-refractivity contribution in [3.05, 3.63) is 23.5 Å². The lowest BCUT2D eigenvalue weighted by Crippen LogP contribution is -2.07. The molecule has 0 aliphatic rings. The Morgan fingerprint density at radius 2 is 2.33 bits per heavy atom. The van der Waals surface area contributed by atoms with Crippen LogP contribution in [0.1, 0.15) is 42.9 Å². The van der Waals surface area contributed by atoms with Crippen LogP contribution >= 0.6 is 0 Å². The molecule has 0 N–H and O–H groups in total. The second-order valence-corrected chi connectivity index (χ2v) is 3.76. The molecular formula is C11H17N3O. The number of aromatic nitrogens is 3. The summed E-state index contributed by atoms with van der Waals surface area (Å²) >= 11 is 0. The summed E-state index contributed by atoms with van der Waals surface area (Å²) in [6.07, 6.45) is 3.76. The summed E-state index contributed by atoms with van der Waals surface area (Å²) in [6, 6.07) is 0. The van der Waals surface area contributed by atoms with Crippen LogP contribution in [0.15, 0.2) is 12.2 Å². The minimum absolute atomic E-state index is 0.463. The number of allylic oxidation sites excluding steroid dienone is 1. The fourth-order valence-electron chi connectivity index (χ4n) is 1.42. The van der Waals surface area contributed by atoms with Crippen molar-refractivity contribution in [1.82, 2.24) is 15.0 Å². The Morgan fingerprint density at radius 1 is 1.60 bits per heavy atom. The molecule has 4 nitrogen and oxygen atoms in total. The van der Waals surface area contributed by atoms with E-state index in [0.717, 1.165) is 36.8 Å². The number of rotatable bonds is 6. The van der Waals surface area contributed by atoms with Crippen LogP contribution in [0.25, 0.3) is 0 Å². The van der Waals surface area contributed by atoms with E-state index < -0.39 is 0 Å². The van der Waals surface area contributed by atoms with Gasteiger partial charge < -0.3 is 0 Å². The number of unbranched alkanes of at least 4 members (excludes halogenated alkanes) is 1. The Hall–Kier alpha value is -1.45. The van der Waals surface area contributed by atoms with E-state index in [1.807, 2.05) is 6.92 Å². The van der Waals surface area contributed by atoms with Gasteiger partial charge in [-0.1, -0.05) is 30.7 Å². The van der Waals surface area contributed by atoms with Gasteiger partial charge in [0.25, 0.3) is 0 Å². The first-order valence-corrected chi connectivity index (χ1v) is 5.21. The molecule has 0 spiro atoms. The SMILES string of the molecule is C=C(C)Cn1nnc(C=O)c1CCCC. The van der Waals surface area contributed by atoms with Gasteiger partial charge in [0.2, 0.25) is 0 Å². The molecule has 1 rings (SSSR count). The average molecular weight is 207 g/mol. The van der Waals surface area contributed by atoms with Gasteiger partial charge in [-0.2, -0.15) is 0 Å². The molecule has 0 radical (unpaired) electrons. The highest BCUT2D eigenvalue weighted by molar-refractivity contribution is 5.73. The minimum atomic E-state index is 0.463. The number of hydrogen-bond donors (Lipinski definition) is 0. The van der Waals surface area contributed by atoms with Gasteiger partial charge in [-0.15, -0.1) is 5.10 Å². The lowest BCUT2D eigenvalue weighted by molar-refractivity contribution is 0.111.